The lowest BCUT2D eigenvalue weighted by Gasteiger charge is -2.14. The largest absolute Gasteiger partial charge is 0.488 e. The summed E-state index contributed by atoms with van der Waals surface area (Å²) in [6.45, 7) is 6.41. The smallest absolute Gasteiger partial charge is 0.336 e. The van der Waals surface area contributed by atoms with Gasteiger partial charge in [0.25, 0.3) is 0 Å². The highest BCUT2D eigenvalue weighted by Gasteiger charge is 2.20. The predicted octanol–water partition coefficient (Wildman–Crippen LogP) is 7.32. The first kappa shape index (κ1) is 21.2. The van der Waals surface area contributed by atoms with Crippen LogP contribution in [0.25, 0.3) is 31.6 Å². The standard InChI is InChI=1S/C28H23NO3S/c1-16-8-11-19(12-9-16)15-32-23-13-10-17(2)26-25(23)21(28(30)31)14-22(29-26)27-18(3)20-6-4-5-7-24(20)33-27/h4-14H,15H2,1-3H3,(H,30,31). The molecule has 0 amide bonds. The van der Waals surface area contributed by atoms with Crippen molar-refractivity contribution in [3.05, 3.63) is 94.5 Å². The number of rotatable bonds is 5. The number of nitrogens with zero attached hydrogens (tertiary/aromatic N) is 1. The van der Waals surface area contributed by atoms with Crippen LogP contribution in [0.4, 0.5) is 0 Å². The van der Waals surface area contributed by atoms with Gasteiger partial charge in [-0.05, 0) is 61.0 Å². The fourth-order valence-corrected chi connectivity index (χ4v) is 5.28. The summed E-state index contributed by atoms with van der Waals surface area (Å²) in [5, 5.41) is 11.8. The molecule has 0 unspecified atom stereocenters. The van der Waals surface area contributed by atoms with Gasteiger partial charge >= 0.3 is 5.97 Å². The fraction of sp³-hybridized carbons (Fsp3) is 0.143. The number of fused-ring (bicyclic) bond motifs is 2. The zero-order valence-corrected chi connectivity index (χ0v) is 19.5. The first-order chi connectivity index (χ1) is 15.9. The number of aryl methyl sites for hydroxylation is 3. The molecule has 0 saturated carbocycles. The van der Waals surface area contributed by atoms with Crippen LogP contribution in [0, 0.1) is 20.8 Å². The van der Waals surface area contributed by atoms with Crippen LogP contribution in [0.5, 0.6) is 5.75 Å². The third-order valence-corrected chi connectivity index (χ3v) is 7.24. The zero-order valence-electron chi connectivity index (χ0n) is 18.7. The Morgan fingerprint density at radius 2 is 1.76 bits per heavy atom. The summed E-state index contributed by atoms with van der Waals surface area (Å²) in [7, 11) is 0. The van der Waals surface area contributed by atoms with Gasteiger partial charge in [-0.2, -0.15) is 0 Å². The maximum absolute atomic E-state index is 12.4. The van der Waals surface area contributed by atoms with Gasteiger partial charge in [0.1, 0.15) is 12.4 Å². The molecule has 5 aromatic rings. The van der Waals surface area contributed by atoms with Crippen LogP contribution in [0.3, 0.4) is 0 Å². The lowest BCUT2D eigenvalue weighted by atomic mass is 10.0. The number of hydrogen-bond donors (Lipinski definition) is 1. The topological polar surface area (TPSA) is 59.4 Å². The van der Waals surface area contributed by atoms with Gasteiger partial charge in [-0.15, -0.1) is 11.3 Å². The van der Waals surface area contributed by atoms with Crippen molar-refractivity contribution in [1.82, 2.24) is 4.98 Å². The molecule has 4 nitrogen and oxygen atoms in total. The van der Waals surface area contributed by atoms with E-state index in [9.17, 15) is 9.90 Å². The average molecular weight is 454 g/mol. The first-order valence-corrected chi connectivity index (χ1v) is 11.6. The van der Waals surface area contributed by atoms with Crippen molar-refractivity contribution in [3.63, 3.8) is 0 Å². The molecular weight excluding hydrogens is 430 g/mol. The van der Waals surface area contributed by atoms with Gasteiger partial charge in [0.05, 0.1) is 27.0 Å². The lowest BCUT2D eigenvalue weighted by molar-refractivity contribution is 0.0698. The van der Waals surface area contributed by atoms with Gasteiger partial charge in [-0.3, -0.25) is 0 Å². The number of carbonyl (C=O) groups is 1. The Kier molecular flexibility index (Phi) is 5.35. The van der Waals surface area contributed by atoms with Crippen molar-refractivity contribution < 1.29 is 14.6 Å². The van der Waals surface area contributed by atoms with E-state index in [1.54, 1.807) is 17.4 Å². The Balaban J connectivity index is 1.65. The van der Waals surface area contributed by atoms with Crippen molar-refractivity contribution in [2.24, 2.45) is 0 Å². The molecule has 164 valence electrons. The highest BCUT2D eigenvalue weighted by Crippen LogP contribution is 2.40. The number of carboxylic acids is 1. The second-order valence-corrected chi connectivity index (χ2v) is 9.34. The Hall–Kier alpha value is -3.70. The number of hydrogen-bond acceptors (Lipinski definition) is 4. The van der Waals surface area contributed by atoms with Crippen molar-refractivity contribution in [2.45, 2.75) is 27.4 Å². The van der Waals surface area contributed by atoms with Crippen molar-refractivity contribution in [1.29, 1.82) is 0 Å². The quantitative estimate of drug-likeness (QED) is 0.303. The Morgan fingerprint density at radius 1 is 1.00 bits per heavy atom. The molecule has 0 aliphatic heterocycles. The molecule has 2 aromatic heterocycles. The van der Waals surface area contributed by atoms with Crippen LogP contribution in [0.2, 0.25) is 0 Å². The second-order valence-electron chi connectivity index (χ2n) is 8.29. The Morgan fingerprint density at radius 3 is 2.48 bits per heavy atom. The lowest BCUT2D eigenvalue weighted by Crippen LogP contribution is -2.04. The monoisotopic (exact) mass is 453 g/mol. The molecular formula is C28H23NO3S. The van der Waals surface area contributed by atoms with E-state index in [1.165, 1.54) is 10.9 Å². The number of thiophene rings is 1. The molecule has 5 heteroatoms. The second kappa shape index (κ2) is 8.34. The van der Waals surface area contributed by atoms with Gasteiger partial charge in [0.2, 0.25) is 0 Å². The number of ether oxygens (including phenoxy) is 1. The van der Waals surface area contributed by atoms with E-state index in [0.29, 0.717) is 29.0 Å². The molecule has 0 spiro atoms. The summed E-state index contributed by atoms with van der Waals surface area (Å²) < 4.78 is 7.27. The summed E-state index contributed by atoms with van der Waals surface area (Å²) >= 11 is 1.64. The van der Waals surface area contributed by atoms with E-state index < -0.39 is 5.97 Å². The van der Waals surface area contributed by atoms with Crippen LogP contribution in [0.1, 0.15) is 32.6 Å². The van der Waals surface area contributed by atoms with E-state index in [0.717, 1.165) is 26.3 Å². The van der Waals surface area contributed by atoms with Gasteiger partial charge in [0.15, 0.2) is 0 Å². The van der Waals surface area contributed by atoms with Crippen LogP contribution < -0.4 is 4.74 Å². The summed E-state index contributed by atoms with van der Waals surface area (Å²) in [6.07, 6.45) is 0. The van der Waals surface area contributed by atoms with Gasteiger partial charge in [0, 0.05) is 4.70 Å². The van der Waals surface area contributed by atoms with Crippen molar-refractivity contribution >= 4 is 38.3 Å². The molecule has 0 fully saturated rings. The predicted molar refractivity (Wildman–Crippen MR) is 135 cm³/mol. The number of aromatic carboxylic acids is 1. The van der Waals surface area contributed by atoms with Gasteiger partial charge in [-0.25, -0.2) is 9.78 Å². The summed E-state index contributed by atoms with van der Waals surface area (Å²) in [5.41, 5.74) is 5.77. The van der Waals surface area contributed by atoms with Gasteiger partial charge < -0.3 is 9.84 Å². The molecule has 0 aliphatic carbocycles. The molecule has 0 radical (unpaired) electrons. The maximum atomic E-state index is 12.4. The van der Waals surface area contributed by atoms with E-state index in [1.807, 2.05) is 62.4 Å². The minimum Gasteiger partial charge on any atom is -0.488 e. The maximum Gasteiger partial charge on any atom is 0.336 e. The molecule has 0 saturated heterocycles. The highest BCUT2D eigenvalue weighted by atomic mass is 32.1. The minimum absolute atomic E-state index is 0.203. The normalized spacial score (nSPS) is 11.2. The number of aromatic nitrogens is 1. The Labute approximate surface area is 196 Å². The molecule has 0 atom stereocenters. The van der Waals surface area contributed by atoms with E-state index in [2.05, 4.69) is 19.1 Å². The molecule has 33 heavy (non-hydrogen) atoms. The molecule has 3 aromatic carbocycles. The van der Waals surface area contributed by atoms with Crippen molar-refractivity contribution in [2.75, 3.05) is 0 Å². The van der Waals surface area contributed by atoms with E-state index in [-0.39, 0.29) is 5.56 Å². The summed E-state index contributed by atoms with van der Waals surface area (Å²) in [5.74, 6) is -0.464. The number of benzene rings is 3. The van der Waals surface area contributed by atoms with Crippen LogP contribution in [-0.2, 0) is 6.61 Å². The van der Waals surface area contributed by atoms with Crippen LogP contribution >= 0.6 is 11.3 Å². The molecule has 5 rings (SSSR count). The third kappa shape index (κ3) is 3.85. The van der Waals surface area contributed by atoms with E-state index in [4.69, 9.17) is 9.72 Å². The average Bonchev–Trinajstić information content (AvgIpc) is 3.16. The number of pyridine rings is 1. The fourth-order valence-electron chi connectivity index (χ4n) is 4.11. The number of carboxylic acid groups (broad SMARTS) is 1. The van der Waals surface area contributed by atoms with E-state index >= 15 is 0 Å². The molecule has 1 N–H and O–H groups in total. The molecule has 0 bridgehead atoms. The first-order valence-electron chi connectivity index (χ1n) is 10.8. The Bertz CT molecular complexity index is 1520. The third-order valence-electron chi connectivity index (χ3n) is 5.95. The molecule has 0 aliphatic rings. The molecule has 2 heterocycles. The van der Waals surface area contributed by atoms with Crippen LogP contribution in [-0.4, -0.2) is 16.1 Å². The highest BCUT2D eigenvalue weighted by molar-refractivity contribution is 7.22. The summed E-state index contributed by atoms with van der Waals surface area (Å²) in [6, 6.07) is 21.8. The van der Waals surface area contributed by atoms with Gasteiger partial charge in [-0.1, -0.05) is 54.1 Å². The van der Waals surface area contributed by atoms with Crippen LogP contribution in [0.15, 0.2) is 66.7 Å². The summed E-state index contributed by atoms with van der Waals surface area (Å²) in [4.78, 5) is 18.3. The van der Waals surface area contributed by atoms with Crippen molar-refractivity contribution in [3.8, 4) is 16.3 Å². The minimum atomic E-state index is -0.992. The zero-order chi connectivity index (χ0) is 23.1. The SMILES string of the molecule is Cc1ccc(COc2ccc(C)c3nc(-c4sc5ccccc5c4C)cc(C(=O)O)c23)cc1.